The molecular weight excluding hydrogens is 696 g/mol. The van der Waals surface area contributed by atoms with Crippen molar-refractivity contribution in [2.75, 3.05) is 63.9 Å². The second-order valence-electron chi connectivity index (χ2n) is 15.5. The van der Waals surface area contributed by atoms with Gasteiger partial charge in [0.1, 0.15) is 18.0 Å². The van der Waals surface area contributed by atoms with Crippen molar-refractivity contribution in [3.05, 3.63) is 70.3 Å². The maximum absolute atomic E-state index is 13.6. The molecular formula is C41H59ClN4O5S. The van der Waals surface area contributed by atoms with Gasteiger partial charge in [0.2, 0.25) is 10.0 Å². The third kappa shape index (κ3) is 9.00. The number of hydrogen-bond donors (Lipinski definition) is 1. The van der Waals surface area contributed by atoms with Crippen LogP contribution in [0.3, 0.4) is 0 Å². The average Bonchev–Trinajstić information content (AvgIpc) is 3.13. The van der Waals surface area contributed by atoms with E-state index in [2.05, 4.69) is 45.4 Å². The fraction of sp³-hybridized carbons (Fsp3) is 0.634. The van der Waals surface area contributed by atoms with Crippen LogP contribution in [0, 0.1) is 17.8 Å². The zero-order valence-corrected chi connectivity index (χ0v) is 33.2. The average molecular weight is 755 g/mol. The summed E-state index contributed by atoms with van der Waals surface area (Å²) in [5.41, 5.74) is 2.93. The van der Waals surface area contributed by atoms with Gasteiger partial charge in [-0.15, -0.1) is 0 Å². The highest BCUT2D eigenvalue weighted by atomic mass is 35.5. The molecule has 2 aromatic carbocycles. The molecule has 11 heteroatoms. The molecule has 0 radical (unpaired) electrons. The van der Waals surface area contributed by atoms with Crippen molar-refractivity contribution >= 4 is 33.2 Å². The van der Waals surface area contributed by atoms with Gasteiger partial charge in [-0.3, -0.25) is 9.69 Å². The lowest BCUT2D eigenvalue weighted by Gasteiger charge is -2.52. The minimum absolute atomic E-state index is 0.211. The van der Waals surface area contributed by atoms with Gasteiger partial charge < -0.3 is 19.3 Å². The van der Waals surface area contributed by atoms with Crippen molar-refractivity contribution < 1.29 is 22.7 Å². The van der Waals surface area contributed by atoms with Crippen LogP contribution in [-0.4, -0.2) is 93.9 Å². The molecule has 0 spiro atoms. The van der Waals surface area contributed by atoms with Crippen LogP contribution in [0.1, 0.15) is 87.7 Å². The van der Waals surface area contributed by atoms with Gasteiger partial charge in [-0.25, -0.2) is 13.1 Å². The lowest BCUT2D eigenvalue weighted by Crippen LogP contribution is -2.59. The summed E-state index contributed by atoms with van der Waals surface area (Å²) in [6.45, 7) is 16.6. The van der Waals surface area contributed by atoms with E-state index in [0.29, 0.717) is 42.8 Å². The monoisotopic (exact) mass is 754 g/mol. The first-order valence-electron chi connectivity index (χ1n) is 19.6. The molecule has 2 fully saturated rings. The molecule has 52 heavy (non-hydrogen) atoms. The van der Waals surface area contributed by atoms with Crippen LogP contribution in [0.25, 0.3) is 0 Å². The summed E-state index contributed by atoms with van der Waals surface area (Å²) in [5.74, 6) is 0.519. The molecule has 3 aliphatic heterocycles. The number of amides is 1. The zero-order chi connectivity index (χ0) is 36.9. The summed E-state index contributed by atoms with van der Waals surface area (Å²) < 4.78 is 43.1. The molecule has 1 amide bonds. The number of piperazine rings is 1. The van der Waals surface area contributed by atoms with Crippen LogP contribution < -0.4 is 14.4 Å². The van der Waals surface area contributed by atoms with Gasteiger partial charge in [-0.05, 0) is 125 Å². The highest BCUT2D eigenvalue weighted by molar-refractivity contribution is 7.90. The van der Waals surface area contributed by atoms with Crippen molar-refractivity contribution in [3.63, 3.8) is 0 Å². The molecule has 0 aromatic heterocycles. The second-order valence-corrected chi connectivity index (χ2v) is 18.0. The number of fused-ring (bicyclic) bond motifs is 3. The van der Waals surface area contributed by atoms with Gasteiger partial charge in [0.15, 0.2) is 0 Å². The summed E-state index contributed by atoms with van der Waals surface area (Å²) in [6, 6.07) is 11.3. The molecule has 1 aliphatic carbocycles. The van der Waals surface area contributed by atoms with Crippen molar-refractivity contribution in [1.82, 2.24) is 14.5 Å². The Kier molecular flexibility index (Phi) is 12.9. The van der Waals surface area contributed by atoms with Gasteiger partial charge >= 0.3 is 0 Å². The second kappa shape index (κ2) is 17.2. The van der Waals surface area contributed by atoms with Crippen molar-refractivity contribution in [3.8, 4) is 5.75 Å². The van der Waals surface area contributed by atoms with Gasteiger partial charge in [0.05, 0.1) is 10.9 Å². The Morgan fingerprint density at radius 3 is 2.50 bits per heavy atom. The number of sulfonamides is 1. The summed E-state index contributed by atoms with van der Waals surface area (Å²) in [7, 11) is -3.95. The molecule has 1 N–H and O–H groups in total. The van der Waals surface area contributed by atoms with Crippen molar-refractivity contribution in [2.24, 2.45) is 17.8 Å². The van der Waals surface area contributed by atoms with Crippen LogP contribution in [0.5, 0.6) is 5.75 Å². The van der Waals surface area contributed by atoms with E-state index in [1.807, 2.05) is 37.3 Å². The van der Waals surface area contributed by atoms with Crippen LogP contribution in [0.15, 0.2) is 48.6 Å². The number of benzene rings is 2. The highest BCUT2D eigenvalue weighted by Gasteiger charge is 2.48. The predicted octanol–water partition coefficient (Wildman–Crippen LogP) is 6.93. The number of aryl methyl sites for hydroxylation is 1. The van der Waals surface area contributed by atoms with Gasteiger partial charge in [0.25, 0.3) is 5.91 Å². The maximum atomic E-state index is 13.6. The lowest BCUT2D eigenvalue weighted by molar-refractivity contribution is -0.112. The number of nitrogens with zero attached hydrogens (tertiary/aromatic N) is 3. The molecule has 6 rings (SSSR count). The Labute approximate surface area is 317 Å². The number of rotatable bonds is 6. The van der Waals surface area contributed by atoms with Crippen LogP contribution in [-0.2, 0) is 27.8 Å². The number of halogens is 1. The lowest BCUT2D eigenvalue weighted by atomic mass is 9.63. The Bertz CT molecular complexity index is 1680. The minimum atomic E-state index is -3.95. The molecule has 2 aromatic rings. The van der Waals surface area contributed by atoms with E-state index in [-0.39, 0.29) is 5.92 Å². The predicted molar refractivity (Wildman–Crippen MR) is 210 cm³/mol. The van der Waals surface area contributed by atoms with Gasteiger partial charge in [-0.1, -0.05) is 43.7 Å². The number of nitrogens with one attached hydrogen (secondary N) is 1. The number of carbonyl (C=O) groups is 1. The molecule has 1 saturated heterocycles. The van der Waals surface area contributed by atoms with E-state index in [9.17, 15) is 13.2 Å². The van der Waals surface area contributed by atoms with E-state index in [1.165, 1.54) is 12.0 Å². The zero-order valence-electron chi connectivity index (χ0n) is 31.6. The summed E-state index contributed by atoms with van der Waals surface area (Å²) in [5, 5.41) is -0.0491. The van der Waals surface area contributed by atoms with E-state index < -0.39 is 26.8 Å². The smallest absolute Gasteiger partial charge is 0.264 e. The van der Waals surface area contributed by atoms with Crippen molar-refractivity contribution in [1.29, 1.82) is 0 Å². The number of anilines is 1. The van der Waals surface area contributed by atoms with Crippen LogP contribution in [0.2, 0.25) is 5.02 Å². The topological polar surface area (TPSA) is 91.4 Å². The van der Waals surface area contributed by atoms with E-state index >= 15 is 0 Å². The highest BCUT2D eigenvalue weighted by Crippen LogP contribution is 2.47. The first-order valence-corrected chi connectivity index (χ1v) is 21.6. The van der Waals surface area contributed by atoms with E-state index in [4.69, 9.17) is 21.1 Å². The number of hydrogen-bond acceptors (Lipinski definition) is 8. The fourth-order valence-electron chi connectivity index (χ4n) is 8.65. The Hall–Kier alpha value is -2.63. The Morgan fingerprint density at radius 1 is 0.981 bits per heavy atom. The standard InChI is InChI=1S/C41H59ClN4O5S/c1-5-19-44-21-23-45(24-22-44)29-41(51-6-2)18-9-10-30(3)31(4)52(48,49)43-40(47)33-14-17-39-38(26-33)46(27-34-13-16-37(34)41)20-8-7-11-32-25-36(42)15-12-35(32)28-50-39/h9,12,14-15,17-18,25-26,30-31,34,37H,5-8,10-11,13,16,19-24,27-29H2,1-4H3,(H,43,47)/b18-9+/t30-,31+,34-,37+,41-/m0/s1. The van der Waals surface area contributed by atoms with Gasteiger partial charge in [0, 0.05) is 63.0 Å². The first kappa shape index (κ1) is 39.1. The summed E-state index contributed by atoms with van der Waals surface area (Å²) in [4.78, 5) is 21.2. The summed E-state index contributed by atoms with van der Waals surface area (Å²) in [6.07, 6.45) is 11.2. The Balaban J connectivity index is 1.38. The number of ether oxygens (including phenoxy) is 2. The first-order chi connectivity index (χ1) is 25.0. The molecule has 286 valence electrons. The molecule has 4 aliphatic rings. The molecule has 2 bridgehead atoms. The van der Waals surface area contributed by atoms with Crippen LogP contribution >= 0.6 is 11.6 Å². The number of carbonyl (C=O) groups excluding carboxylic acids is 1. The molecule has 1 saturated carbocycles. The Morgan fingerprint density at radius 2 is 1.77 bits per heavy atom. The van der Waals surface area contributed by atoms with E-state index in [0.717, 1.165) is 101 Å². The van der Waals surface area contributed by atoms with Gasteiger partial charge in [-0.2, -0.15) is 0 Å². The normalized spacial score (nSPS) is 29.7. The van der Waals surface area contributed by atoms with Crippen LogP contribution in [0.4, 0.5) is 5.69 Å². The minimum Gasteiger partial charge on any atom is -0.487 e. The molecule has 3 heterocycles. The largest absolute Gasteiger partial charge is 0.487 e. The quantitative estimate of drug-likeness (QED) is 0.318. The fourth-order valence-corrected chi connectivity index (χ4v) is 10.1. The molecule has 0 unspecified atom stereocenters. The third-order valence-electron chi connectivity index (χ3n) is 12.1. The molecule has 5 atom stereocenters. The third-order valence-corrected chi connectivity index (χ3v) is 14.2. The van der Waals surface area contributed by atoms with Crippen molar-refractivity contribution in [2.45, 2.75) is 90.1 Å². The maximum Gasteiger partial charge on any atom is 0.264 e. The SMILES string of the molecule is CCCN1CCN(C[C@@]2(OCC)/C=C/C[C@H](C)[C@@H](C)S(=O)(=O)NC(=O)c3ccc4c(c3)N(CCCCc3cc(Cl)ccc3CO4)C[C@@H]3CC[C@H]32)CC1. The van der Waals surface area contributed by atoms with E-state index in [1.54, 1.807) is 13.0 Å². The number of allylic oxidation sites excluding steroid dienone is 1. The molecule has 9 nitrogen and oxygen atoms in total. The summed E-state index contributed by atoms with van der Waals surface area (Å²) >= 11 is 6.41.